The van der Waals surface area contributed by atoms with E-state index in [9.17, 15) is 5.11 Å². The topological polar surface area (TPSA) is 23.1 Å². The molecule has 1 heterocycles. The van der Waals surface area contributed by atoms with Crippen molar-refractivity contribution in [2.75, 3.05) is 26.2 Å². The van der Waals surface area contributed by atoms with Gasteiger partial charge in [-0.15, -0.1) is 11.6 Å². The van der Waals surface area contributed by atoms with Crippen molar-refractivity contribution in [1.29, 1.82) is 0 Å². The molecule has 0 aromatic heterocycles. The Labute approximate surface area is 66.8 Å². The third-order valence-corrected chi connectivity index (χ3v) is 2.19. The van der Waals surface area contributed by atoms with Crippen LogP contribution in [0.25, 0.3) is 0 Å². The molecular formula is C7H13ClNO. The van der Waals surface area contributed by atoms with E-state index in [1.807, 2.05) is 0 Å². The smallest absolute Gasteiger partial charge is 0.0834 e. The van der Waals surface area contributed by atoms with Crippen LogP contribution in [0.3, 0.4) is 0 Å². The number of hydrogen-bond acceptors (Lipinski definition) is 1. The molecule has 1 saturated heterocycles. The zero-order valence-corrected chi connectivity index (χ0v) is 6.81. The first-order valence-electron chi connectivity index (χ1n) is 3.77. The first kappa shape index (κ1) is 8.31. The molecule has 0 saturated carbocycles. The Balaban J connectivity index is 2.06. The van der Waals surface area contributed by atoms with Crippen LogP contribution < -0.4 is 0 Å². The molecule has 0 bridgehead atoms. The number of nitrogens with zero attached hydrogens (tertiary/aromatic N) is 1. The maximum absolute atomic E-state index is 10.1. The van der Waals surface area contributed by atoms with Crippen molar-refractivity contribution in [3.05, 3.63) is 0 Å². The predicted molar refractivity (Wildman–Crippen MR) is 40.9 cm³/mol. The zero-order chi connectivity index (χ0) is 7.40. The Morgan fingerprint density at radius 2 is 2.40 bits per heavy atom. The SMILES string of the molecule is [O]CCCN1CCC(Cl)C1. The lowest BCUT2D eigenvalue weighted by molar-refractivity contribution is 0.173. The third-order valence-electron chi connectivity index (χ3n) is 1.83. The summed E-state index contributed by atoms with van der Waals surface area (Å²) < 4.78 is 0. The highest BCUT2D eigenvalue weighted by molar-refractivity contribution is 6.20. The Morgan fingerprint density at radius 3 is 2.90 bits per heavy atom. The molecule has 1 radical (unpaired) electrons. The fourth-order valence-corrected chi connectivity index (χ4v) is 1.57. The Morgan fingerprint density at radius 1 is 1.60 bits per heavy atom. The van der Waals surface area contributed by atoms with Gasteiger partial charge in [-0.25, -0.2) is 5.11 Å². The van der Waals surface area contributed by atoms with Gasteiger partial charge in [-0.1, -0.05) is 0 Å². The van der Waals surface area contributed by atoms with Crippen molar-refractivity contribution in [3.63, 3.8) is 0 Å². The Kier molecular flexibility index (Phi) is 3.46. The predicted octanol–water partition coefficient (Wildman–Crippen LogP) is 1.12. The van der Waals surface area contributed by atoms with E-state index in [1.165, 1.54) is 0 Å². The molecule has 0 amide bonds. The number of likely N-dealkylation sites (tertiary alicyclic amines) is 1. The van der Waals surface area contributed by atoms with E-state index in [0.29, 0.717) is 5.38 Å². The lowest BCUT2D eigenvalue weighted by atomic mass is 10.4. The normalized spacial score (nSPS) is 27.6. The quantitative estimate of drug-likeness (QED) is 0.571. The van der Waals surface area contributed by atoms with Crippen LogP contribution in [0, 0.1) is 0 Å². The van der Waals surface area contributed by atoms with Crippen LogP contribution >= 0.6 is 11.6 Å². The van der Waals surface area contributed by atoms with Crippen molar-refractivity contribution in [2.45, 2.75) is 18.2 Å². The largest absolute Gasteiger partial charge is 0.302 e. The summed E-state index contributed by atoms with van der Waals surface area (Å²) in [6, 6.07) is 0. The van der Waals surface area contributed by atoms with E-state index in [4.69, 9.17) is 11.6 Å². The molecule has 10 heavy (non-hydrogen) atoms. The minimum atomic E-state index is 0.0451. The highest BCUT2D eigenvalue weighted by Crippen LogP contribution is 2.14. The summed E-state index contributed by atoms with van der Waals surface area (Å²) in [4.78, 5) is 2.26. The minimum absolute atomic E-state index is 0.0451. The summed E-state index contributed by atoms with van der Waals surface area (Å²) in [5.74, 6) is 0. The molecule has 0 aromatic rings. The molecular weight excluding hydrogens is 150 g/mol. The van der Waals surface area contributed by atoms with Crippen LogP contribution in [0.15, 0.2) is 0 Å². The first-order chi connectivity index (χ1) is 4.83. The number of alkyl halides is 1. The summed E-state index contributed by atoms with van der Waals surface area (Å²) in [7, 11) is 0. The van der Waals surface area contributed by atoms with Gasteiger partial charge in [0.2, 0.25) is 0 Å². The number of rotatable bonds is 3. The Bertz CT molecular complexity index is 99.6. The van der Waals surface area contributed by atoms with Gasteiger partial charge in [-0.3, -0.25) is 0 Å². The molecule has 1 rings (SSSR count). The molecule has 1 fully saturated rings. The fraction of sp³-hybridized carbons (Fsp3) is 1.00. The molecule has 0 aromatic carbocycles. The van der Waals surface area contributed by atoms with Crippen molar-refractivity contribution < 1.29 is 5.11 Å². The lowest BCUT2D eigenvalue weighted by Gasteiger charge is -2.12. The van der Waals surface area contributed by atoms with Crippen molar-refractivity contribution in [3.8, 4) is 0 Å². The first-order valence-corrected chi connectivity index (χ1v) is 4.21. The monoisotopic (exact) mass is 162 g/mol. The van der Waals surface area contributed by atoms with Gasteiger partial charge in [-0.2, -0.15) is 0 Å². The van der Waals surface area contributed by atoms with Gasteiger partial charge < -0.3 is 4.90 Å². The minimum Gasteiger partial charge on any atom is -0.302 e. The van der Waals surface area contributed by atoms with Crippen LogP contribution in [0.2, 0.25) is 0 Å². The van der Waals surface area contributed by atoms with Crippen LogP contribution in [0.5, 0.6) is 0 Å². The van der Waals surface area contributed by atoms with E-state index in [1.54, 1.807) is 0 Å². The summed E-state index contributed by atoms with van der Waals surface area (Å²) in [5.41, 5.74) is 0. The number of halogens is 1. The second-order valence-corrected chi connectivity index (χ2v) is 3.36. The van der Waals surface area contributed by atoms with Crippen molar-refractivity contribution in [1.82, 2.24) is 4.90 Å². The molecule has 1 unspecified atom stereocenters. The molecule has 0 N–H and O–H groups in total. The summed E-state index contributed by atoms with van der Waals surface area (Å²) >= 11 is 5.87. The zero-order valence-electron chi connectivity index (χ0n) is 6.05. The summed E-state index contributed by atoms with van der Waals surface area (Å²) in [6.45, 7) is 3.03. The van der Waals surface area contributed by atoms with E-state index in [0.717, 1.165) is 32.5 Å². The van der Waals surface area contributed by atoms with E-state index >= 15 is 0 Å². The van der Waals surface area contributed by atoms with Crippen molar-refractivity contribution in [2.24, 2.45) is 0 Å². The van der Waals surface area contributed by atoms with Crippen LogP contribution in [0.4, 0.5) is 0 Å². The highest BCUT2D eigenvalue weighted by Gasteiger charge is 2.18. The van der Waals surface area contributed by atoms with Gasteiger partial charge in [0.15, 0.2) is 0 Å². The fourth-order valence-electron chi connectivity index (χ4n) is 1.28. The van der Waals surface area contributed by atoms with Gasteiger partial charge in [0.05, 0.1) is 6.61 Å². The van der Waals surface area contributed by atoms with Crippen LogP contribution in [0.1, 0.15) is 12.8 Å². The van der Waals surface area contributed by atoms with Gasteiger partial charge >= 0.3 is 0 Å². The average Bonchev–Trinajstić information content (AvgIpc) is 2.31. The molecule has 1 aliphatic rings. The molecule has 0 aliphatic carbocycles. The standard InChI is InChI=1S/C7H13ClNO/c8-7-2-4-9(6-7)3-1-5-10/h7H,1-6H2. The number of hydrogen-bond donors (Lipinski definition) is 0. The third kappa shape index (κ3) is 2.45. The van der Waals surface area contributed by atoms with Gasteiger partial charge in [0.1, 0.15) is 0 Å². The van der Waals surface area contributed by atoms with Crippen LogP contribution in [-0.2, 0) is 5.11 Å². The maximum atomic E-state index is 10.1. The summed E-state index contributed by atoms with van der Waals surface area (Å²) in [5, 5.41) is 10.4. The van der Waals surface area contributed by atoms with E-state index in [-0.39, 0.29) is 6.61 Å². The van der Waals surface area contributed by atoms with E-state index < -0.39 is 0 Å². The van der Waals surface area contributed by atoms with E-state index in [2.05, 4.69) is 4.90 Å². The molecule has 0 spiro atoms. The maximum Gasteiger partial charge on any atom is 0.0834 e. The Hall–Kier alpha value is 0.210. The highest BCUT2D eigenvalue weighted by atomic mass is 35.5. The van der Waals surface area contributed by atoms with Gasteiger partial charge in [0.25, 0.3) is 0 Å². The molecule has 1 aliphatic heterocycles. The lowest BCUT2D eigenvalue weighted by Crippen LogP contribution is -2.22. The molecule has 59 valence electrons. The summed E-state index contributed by atoms with van der Waals surface area (Å²) in [6.07, 6.45) is 1.85. The second kappa shape index (κ2) is 4.16. The van der Waals surface area contributed by atoms with Crippen LogP contribution in [-0.4, -0.2) is 36.5 Å². The van der Waals surface area contributed by atoms with Gasteiger partial charge in [0, 0.05) is 18.5 Å². The second-order valence-electron chi connectivity index (χ2n) is 2.74. The molecule has 1 atom stereocenters. The van der Waals surface area contributed by atoms with Gasteiger partial charge in [-0.05, 0) is 19.4 Å². The average molecular weight is 163 g/mol. The van der Waals surface area contributed by atoms with Crippen molar-refractivity contribution >= 4 is 11.6 Å². The molecule has 3 heteroatoms. The molecule has 2 nitrogen and oxygen atoms in total.